The number of ketones is 1. The predicted molar refractivity (Wildman–Crippen MR) is 94.7 cm³/mol. The average Bonchev–Trinajstić information content (AvgIpc) is 3.02. The Labute approximate surface area is 141 Å². The number of nitrogens with zero attached hydrogens (tertiary/aromatic N) is 2. The average molecular weight is 318 g/mol. The summed E-state index contributed by atoms with van der Waals surface area (Å²) in [5.41, 5.74) is 3.31. The van der Waals surface area contributed by atoms with Gasteiger partial charge >= 0.3 is 0 Å². The molecule has 4 heteroatoms. The first kappa shape index (κ1) is 15.7. The minimum Gasteiger partial charge on any atom is -0.497 e. The van der Waals surface area contributed by atoms with Gasteiger partial charge in [0.25, 0.3) is 0 Å². The van der Waals surface area contributed by atoms with E-state index in [0.29, 0.717) is 5.56 Å². The first-order chi connectivity index (χ1) is 11.7. The Morgan fingerprint density at radius 1 is 1.08 bits per heavy atom. The normalized spacial score (nSPS) is 10.9. The highest BCUT2D eigenvalue weighted by Crippen LogP contribution is 2.16. The van der Waals surface area contributed by atoms with Crippen LogP contribution in [0, 0.1) is 6.92 Å². The lowest BCUT2D eigenvalue weighted by atomic mass is 10.1. The molecular formula is C20H18N2O2. The number of carbonyl (C=O) groups is 1. The van der Waals surface area contributed by atoms with Crippen molar-refractivity contribution in [2.24, 2.45) is 0 Å². The maximum Gasteiger partial charge on any atom is 0.189 e. The van der Waals surface area contributed by atoms with Gasteiger partial charge in [-0.2, -0.15) is 5.10 Å². The number of ether oxygens (including phenoxy) is 1. The zero-order valence-electron chi connectivity index (χ0n) is 13.6. The van der Waals surface area contributed by atoms with Crippen molar-refractivity contribution in [2.75, 3.05) is 7.11 Å². The molecule has 2 aromatic carbocycles. The minimum absolute atomic E-state index is 0.0644. The monoisotopic (exact) mass is 318 g/mol. The van der Waals surface area contributed by atoms with Gasteiger partial charge in [-0.15, -0.1) is 0 Å². The van der Waals surface area contributed by atoms with Crippen LogP contribution in [0.25, 0.3) is 11.8 Å². The van der Waals surface area contributed by atoms with Crippen molar-refractivity contribution in [1.29, 1.82) is 0 Å². The van der Waals surface area contributed by atoms with E-state index >= 15 is 0 Å². The fraction of sp³-hybridized carbons (Fsp3) is 0.100. The van der Waals surface area contributed by atoms with Crippen LogP contribution in [0.15, 0.2) is 66.9 Å². The van der Waals surface area contributed by atoms with Crippen LogP contribution in [-0.4, -0.2) is 22.7 Å². The lowest BCUT2D eigenvalue weighted by Crippen LogP contribution is -2.01. The van der Waals surface area contributed by atoms with E-state index < -0.39 is 0 Å². The smallest absolute Gasteiger partial charge is 0.189 e. The largest absolute Gasteiger partial charge is 0.497 e. The molecule has 0 aliphatic heterocycles. The van der Waals surface area contributed by atoms with Crippen LogP contribution >= 0.6 is 0 Å². The van der Waals surface area contributed by atoms with Gasteiger partial charge in [0.05, 0.1) is 30.3 Å². The van der Waals surface area contributed by atoms with Gasteiger partial charge in [0.2, 0.25) is 0 Å². The van der Waals surface area contributed by atoms with Crippen LogP contribution in [0.5, 0.6) is 5.75 Å². The van der Waals surface area contributed by atoms with Gasteiger partial charge in [-0.25, -0.2) is 4.68 Å². The Kier molecular flexibility index (Phi) is 4.57. The van der Waals surface area contributed by atoms with Crippen molar-refractivity contribution in [3.8, 4) is 11.4 Å². The Hall–Kier alpha value is -3.14. The third kappa shape index (κ3) is 3.27. The molecule has 0 fully saturated rings. The molecule has 1 aromatic heterocycles. The number of carbonyl (C=O) groups excluding carboxylic acids is 1. The number of benzene rings is 2. The quantitative estimate of drug-likeness (QED) is 0.526. The molecule has 120 valence electrons. The number of hydrogen-bond donors (Lipinski definition) is 0. The number of methoxy groups -OCH3 is 1. The van der Waals surface area contributed by atoms with Crippen LogP contribution in [0.2, 0.25) is 0 Å². The first-order valence-corrected chi connectivity index (χ1v) is 7.65. The summed E-state index contributed by atoms with van der Waals surface area (Å²) in [5, 5.41) is 4.33. The van der Waals surface area contributed by atoms with E-state index in [1.54, 1.807) is 30.1 Å². The minimum atomic E-state index is -0.0644. The number of allylic oxidation sites excluding steroid dienone is 1. The second-order valence-electron chi connectivity index (χ2n) is 5.36. The van der Waals surface area contributed by atoms with Crippen molar-refractivity contribution in [2.45, 2.75) is 6.92 Å². The fourth-order valence-electron chi connectivity index (χ4n) is 2.46. The topological polar surface area (TPSA) is 44.1 Å². The van der Waals surface area contributed by atoms with E-state index in [-0.39, 0.29) is 5.78 Å². The van der Waals surface area contributed by atoms with E-state index in [2.05, 4.69) is 5.10 Å². The molecule has 0 amide bonds. The van der Waals surface area contributed by atoms with Crippen LogP contribution in [0.4, 0.5) is 0 Å². The molecule has 24 heavy (non-hydrogen) atoms. The molecule has 0 aliphatic rings. The van der Waals surface area contributed by atoms with Crippen molar-refractivity contribution in [3.63, 3.8) is 0 Å². The summed E-state index contributed by atoms with van der Waals surface area (Å²) < 4.78 is 6.89. The van der Waals surface area contributed by atoms with E-state index in [9.17, 15) is 4.79 Å². The number of para-hydroxylation sites is 1. The highest BCUT2D eigenvalue weighted by Gasteiger charge is 2.12. The third-order valence-corrected chi connectivity index (χ3v) is 3.82. The molecule has 0 bridgehead atoms. The highest BCUT2D eigenvalue weighted by molar-refractivity contribution is 6.07. The molecule has 4 nitrogen and oxygen atoms in total. The SMILES string of the molecule is COc1ccc(/C=C/C(=O)c2cnn(-c3ccccc3)c2C)cc1. The van der Waals surface area contributed by atoms with E-state index in [1.165, 1.54) is 0 Å². The Morgan fingerprint density at radius 3 is 2.46 bits per heavy atom. The van der Waals surface area contributed by atoms with Crippen LogP contribution in [0.1, 0.15) is 21.6 Å². The Balaban J connectivity index is 1.80. The zero-order valence-corrected chi connectivity index (χ0v) is 13.6. The number of aromatic nitrogens is 2. The first-order valence-electron chi connectivity index (χ1n) is 7.65. The molecule has 3 aromatic rings. The van der Waals surface area contributed by atoms with Gasteiger partial charge < -0.3 is 4.74 Å². The molecular weight excluding hydrogens is 300 g/mol. The molecule has 3 rings (SSSR count). The molecule has 0 radical (unpaired) electrons. The van der Waals surface area contributed by atoms with Gasteiger partial charge in [0, 0.05) is 0 Å². The fourth-order valence-corrected chi connectivity index (χ4v) is 2.46. The summed E-state index contributed by atoms with van der Waals surface area (Å²) in [6.45, 7) is 1.90. The van der Waals surface area contributed by atoms with Crippen molar-refractivity contribution in [3.05, 3.63) is 83.7 Å². The molecule has 0 saturated carbocycles. The lowest BCUT2D eigenvalue weighted by molar-refractivity contribution is 0.104. The summed E-state index contributed by atoms with van der Waals surface area (Å²) in [7, 11) is 1.63. The van der Waals surface area contributed by atoms with Gasteiger partial charge in [-0.05, 0) is 42.8 Å². The summed E-state index contributed by atoms with van der Waals surface area (Å²) in [5.74, 6) is 0.726. The van der Waals surface area contributed by atoms with Crippen molar-refractivity contribution >= 4 is 11.9 Å². The molecule has 0 spiro atoms. The predicted octanol–water partition coefficient (Wildman–Crippen LogP) is 4.09. The van der Waals surface area contributed by atoms with E-state index in [0.717, 1.165) is 22.7 Å². The van der Waals surface area contributed by atoms with Crippen molar-refractivity contribution in [1.82, 2.24) is 9.78 Å². The molecule has 0 saturated heterocycles. The Morgan fingerprint density at radius 2 is 1.79 bits per heavy atom. The second-order valence-corrected chi connectivity index (χ2v) is 5.36. The highest BCUT2D eigenvalue weighted by atomic mass is 16.5. The third-order valence-electron chi connectivity index (χ3n) is 3.82. The molecule has 0 atom stereocenters. The summed E-state index contributed by atoms with van der Waals surface area (Å²) in [4.78, 5) is 12.4. The summed E-state index contributed by atoms with van der Waals surface area (Å²) in [6, 6.07) is 17.3. The molecule has 1 heterocycles. The number of rotatable bonds is 5. The lowest BCUT2D eigenvalue weighted by Gasteiger charge is -2.04. The Bertz CT molecular complexity index is 862. The maximum absolute atomic E-state index is 12.4. The van der Waals surface area contributed by atoms with Crippen LogP contribution in [0.3, 0.4) is 0 Å². The summed E-state index contributed by atoms with van der Waals surface area (Å²) >= 11 is 0. The standard InChI is InChI=1S/C20H18N2O2/c1-15-19(14-21-22(15)17-6-4-3-5-7-17)20(23)13-10-16-8-11-18(24-2)12-9-16/h3-14H,1-2H3/b13-10+. The maximum atomic E-state index is 12.4. The van der Waals surface area contributed by atoms with Crippen LogP contribution in [-0.2, 0) is 0 Å². The van der Waals surface area contributed by atoms with Gasteiger partial charge in [-0.1, -0.05) is 36.4 Å². The zero-order chi connectivity index (χ0) is 16.9. The summed E-state index contributed by atoms with van der Waals surface area (Å²) in [6.07, 6.45) is 4.98. The van der Waals surface area contributed by atoms with Crippen LogP contribution < -0.4 is 4.74 Å². The van der Waals surface area contributed by atoms with Crippen molar-refractivity contribution < 1.29 is 9.53 Å². The molecule has 0 N–H and O–H groups in total. The number of hydrogen-bond acceptors (Lipinski definition) is 3. The molecule has 0 unspecified atom stereocenters. The van der Waals surface area contributed by atoms with Gasteiger partial charge in [0.15, 0.2) is 5.78 Å². The van der Waals surface area contributed by atoms with E-state index in [4.69, 9.17) is 4.74 Å². The molecule has 0 aliphatic carbocycles. The van der Waals surface area contributed by atoms with Gasteiger partial charge in [-0.3, -0.25) is 4.79 Å². The van der Waals surface area contributed by atoms with E-state index in [1.807, 2.05) is 61.5 Å². The van der Waals surface area contributed by atoms with Gasteiger partial charge in [0.1, 0.15) is 5.75 Å². The second kappa shape index (κ2) is 6.96.